The van der Waals surface area contributed by atoms with Crippen molar-refractivity contribution in [2.45, 2.75) is 6.92 Å². The number of aromatic nitrogens is 2. The van der Waals surface area contributed by atoms with E-state index in [9.17, 15) is 9.59 Å². The van der Waals surface area contributed by atoms with E-state index in [-0.39, 0.29) is 18.4 Å². The standard InChI is InChI=1S/C19H18N4O4/c1-11-17(23-8-4-5-15(26-3)18(23)20-11)19(25)21-12-6-7-14-13(9-12)22(2)16(24)10-27-14/h4-9H,10H2,1-3H3,(H,21,25). The Morgan fingerprint density at radius 2 is 2.15 bits per heavy atom. The molecule has 0 saturated heterocycles. The van der Waals surface area contributed by atoms with Gasteiger partial charge in [0, 0.05) is 18.9 Å². The zero-order valence-corrected chi connectivity index (χ0v) is 15.1. The second kappa shape index (κ2) is 6.31. The highest BCUT2D eigenvalue weighted by atomic mass is 16.5. The zero-order valence-electron chi connectivity index (χ0n) is 15.1. The minimum absolute atomic E-state index is 0.0120. The Morgan fingerprint density at radius 3 is 2.93 bits per heavy atom. The number of ether oxygens (including phenoxy) is 2. The summed E-state index contributed by atoms with van der Waals surface area (Å²) in [6.45, 7) is 1.78. The number of nitrogens with one attached hydrogen (secondary N) is 1. The van der Waals surface area contributed by atoms with Crippen molar-refractivity contribution in [3.05, 3.63) is 47.9 Å². The van der Waals surface area contributed by atoms with E-state index in [1.165, 1.54) is 4.90 Å². The van der Waals surface area contributed by atoms with Crippen molar-refractivity contribution in [3.63, 3.8) is 0 Å². The maximum absolute atomic E-state index is 12.9. The molecular formula is C19H18N4O4. The number of hydrogen-bond donors (Lipinski definition) is 1. The predicted molar refractivity (Wildman–Crippen MR) is 99.8 cm³/mol. The molecule has 1 N–H and O–H groups in total. The molecule has 0 spiro atoms. The van der Waals surface area contributed by atoms with Gasteiger partial charge in [0.25, 0.3) is 11.8 Å². The summed E-state index contributed by atoms with van der Waals surface area (Å²) in [5.74, 6) is 0.742. The van der Waals surface area contributed by atoms with Crippen LogP contribution in [-0.2, 0) is 4.79 Å². The summed E-state index contributed by atoms with van der Waals surface area (Å²) in [6.07, 6.45) is 1.76. The van der Waals surface area contributed by atoms with Gasteiger partial charge in [-0.3, -0.25) is 14.0 Å². The van der Waals surface area contributed by atoms with Crippen molar-refractivity contribution in [1.29, 1.82) is 0 Å². The van der Waals surface area contributed by atoms with E-state index in [4.69, 9.17) is 9.47 Å². The Bertz CT molecular complexity index is 1070. The second-order valence-electron chi connectivity index (χ2n) is 6.19. The molecule has 27 heavy (non-hydrogen) atoms. The summed E-state index contributed by atoms with van der Waals surface area (Å²) in [4.78, 5) is 30.7. The molecule has 138 valence electrons. The molecule has 2 aromatic heterocycles. The summed E-state index contributed by atoms with van der Waals surface area (Å²) in [6, 6.07) is 8.77. The third-order valence-electron chi connectivity index (χ3n) is 4.53. The van der Waals surface area contributed by atoms with Gasteiger partial charge in [-0.15, -0.1) is 0 Å². The van der Waals surface area contributed by atoms with E-state index in [2.05, 4.69) is 10.3 Å². The Balaban J connectivity index is 1.69. The quantitative estimate of drug-likeness (QED) is 0.769. The van der Waals surface area contributed by atoms with Gasteiger partial charge in [-0.2, -0.15) is 0 Å². The van der Waals surface area contributed by atoms with E-state index in [1.54, 1.807) is 62.0 Å². The van der Waals surface area contributed by atoms with Crippen LogP contribution in [-0.4, -0.2) is 42.0 Å². The molecule has 0 bridgehead atoms. The Kier molecular flexibility index (Phi) is 3.95. The topological polar surface area (TPSA) is 85.2 Å². The molecule has 2 amide bonds. The van der Waals surface area contributed by atoms with Crippen molar-refractivity contribution in [2.75, 3.05) is 31.0 Å². The molecule has 0 atom stereocenters. The number of nitrogens with zero attached hydrogens (tertiary/aromatic N) is 3. The molecule has 0 saturated carbocycles. The summed E-state index contributed by atoms with van der Waals surface area (Å²) >= 11 is 0. The molecule has 3 aromatic rings. The first-order valence-electron chi connectivity index (χ1n) is 8.36. The monoisotopic (exact) mass is 366 g/mol. The first-order valence-corrected chi connectivity index (χ1v) is 8.36. The number of rotatable bonds is 3. The lowest BCUT2D eigenvalue weighted by atomic mass is 10.2. The fourth-order valence-corrected chi connectivity index (χ4v) is 3.13. The number of likely N-dealkylation sites (N-methyl/N-ethyl adjacent to an activating group) is 1. The summed E-state index contributed by atoms with van der Waals surface area (Å²) in [5.41, 5.74) is 2.75. The minimum Gasteiger partial charge on any atom is -0.493 e. The number of carbonyl (C=O) groups is 2. The van der Waals surface area contributed by atoms with Gasteiger partial charge in [-0.1, -0.05) is 0 Å². The van der Waals surface area contributed by atoms with Crippen molar-refractivity contribution < 1.29 is 19.1 Å². The number of methoxy groups -OCH3 is 1. The average molecular weight is 366 g/mol. The summed E-state index contributed by atoms with van der Waals surface area (Å²) < 4.78 is 12.4. The highest BCUT2D eigenvalue weighted by Gasteiger charge is 2.23. The van der Waals surface area contributed by atoms with Crippen molar-refractivity contribution in [1.82, 2.24) is 9.38 Å². The normalized spacial score (nSPS) is 13.3. The van der Waals surface area contributed by atoms with E-state index in [0.29, 0.717) is 39.9 Å². The number of anilines is 2. The van der Waals surface area contributed by atoms with Crippen LogP contribution in [0.25, 0.3) is 5.65 Å². The number of pyridine rings is 1. The molecule has 0 unspecified atom stereocenters. The molecule has 8 heteroatoms. The summed E-state index contributed by atoms with van der Waals surface area (Å²) in [7, 11) is 3.24. The van der Waals surface area contributed by atoms with Gasteiger partial charge < -0.3 is 19.7 Å². The van der Waals surface area contributed by atoms with Crippen LogP contribution in [0, 0.1) is 6.92 Å². The molecule has 0 fully saturated rings. The van der Waals surface area contributed by atoms with Crippen molar-refractivity contribution >= 4 is 28.8 Å². The first-order chi connectivity index (χ1) is 13.0. The number of aryl methyl sites for hydroxylation is 1. The van der Waals surface area contributed by atoms with Crippen LogP contribution < -0.4 is 19.7 Å². The molecule has 1 aliphatic heterocycles. The Morgan fingerprint density at radius 1 is 1.33 bits per heavy atom. The lowest BCUT2D eigenvalue weighted by Crippen LogP contribution is -2.35. The number of imidazole rings is 1. The van der Waals surface area contributed by atoms with E-state index in [1.807, 2.05) is 0 Å². The highest BCUT2D eigenvalue weighted by molar-refractivity contribution is 6.05. The highest BCUT2D eigenvalue weighted by Crippen LogP contribution is 2.34. The third kappa shape index (κ3) is 2.75. The summed E-state index contributed by atoms with van der Waals surface area (Å²) in [5, 5.41) is 2.87. The third-order valence-corrected chi connectivity index (χ3v) is 4.53. The lowest BCUT2D eigenvalue weighted by molar-refractivity contribution is -0.120. The van der Waals surface area contributed by atoms with Crippen LogP contribution in [0.2, 0.25) is 0 Å². The van der Waals surface area contributed by atoms with E-state index >= 15 is 0 Å². The van der Waals surface area contributed by atoms with Gasteiger partial charge in [0.2, 0.25) is 0 Å². The molecule has 8 nitrogen and oxygen atoms in total. The SMILES string of the molecule is COc1cccn2c(C(=O)Nc3ccc4c(c3)N(C)C(=O)CO4)c(C)nc12. The van der Waals surface area contributed by atoms with Gasteiger partial charge in [-0.05, 0) is 37.3 Å². The fourth-order valence-electron chi connectivity index (χ4n) is 3.13. The van der Waals surface area contributed by atoms with Crippen molar-refractivity contribution in [2.24, 2.45) is 0 Å². The lowest BCUT2D eigenvalue weighted by Gasteiger charge is -2.26. The van der Waals surface area contributed by atoms with Gasteiger partial charge in [0.05, 0.1) is 18.5 Å². The Hall–Kier alpha value is -3.55. The number of hydrogen-bond acceptors (Lipinski definition) is 5. The van der Waals surface area contributed by atoms with Crippen LogP contribution in [0.1, 0.15) is 16.2 Å². The molecular weight excluding hydrogens is 348 g/mol. The van der Waals surface area contributed by atoms with Crippen molar-refractivity contribution in [3.8, 4) is 11.5 Å². The number of amides is 2. The average Bonchev–Trinajstić information content (AvgIpc) is 3.01. The van der Waals surface area contributed by atoms with E-state index < -0.39 is 0 Å². The van der Waals surface area contributed by atoms with E-state index in [0.717, 1.165) is 0 Å². The van der Waals surface area contributed by atoms with Crippen LogP contribution in [0.5, 0.6) is 11.5 Å². The Labute approximate surface area is 155 Å². The molecule has 1 aromatic carbocycles. The molecule has 0 radical (unpaired) electrons. The van der Waals surface area contributed by atoms with Crippen LogP contribution in [0.15, 0.2) is 36.5 Å². The van der Waals surface area contributed by atoms with Gasteiger partial charge in [0.15, 0.2) is 18.0 Å². The predicted octanol–water partition coefficient (Wildman–Crippen LogP) is 2.26. The number of fused-ring (bicyclic) bond motifs is 2. The van der Waals surface area contributed by atoms with Crippen LogP contribution in [0.3, 0.4) is 0 Å². The smallest absolute Gasteiger partial charge is 0.274 e. The first kappa shape index (κ1) is 16.9. The van der Waals surface area contributed by atoms with Gasteiger partial charge in [-0.25, -0.2) is 4.98 Å². The fraction of sp³-hybridized carbons (Fsp3) is 0.211. The van der Waals surface area contributed by atoms with Gasteiger partial charge >= 0.3 is 0 Å². The van der Waals surface area contributed by atoms with Crippen LogP contribution in [0.4, 0.5) is 11.4 Å². The molecule has 0 aliphatic carbocycles. The largest absolute Gasteiger partial charge is 0.493 e. The van der Waals surface area contributed by atoms with Crippen LogP contribution >= 0.6 is 0 Å². The number of benzene rings is 1. The second-order valence-corrected chi connectivity index (χ2v) is 6.19. The maximum atomic E-state index is 12.9. The molecule has 3 heterocycles. The molecule has 4 rings (SSSR count). The van der Waals surface area contributed by atoms with Gasteiger partial charge in [0.1, 0.15) is 11.4 Å². The number of carbonyl (C=O) groups excluding carboxylic acids is 2. The zero-order chi connectivity index (χ0) is 19.1. The molecule has 1 aliphatic rings. The maximum Gasteiger partial charge on any atom is 0.274 e. The minimum atomic E-state index is -0.307.